The van der Waals surface area contributed by atoms with Crippen LogP contribution in [0, 0.1) is 0 Å². The lowest BCUT2D eigenvalue weighted by molar-refractivity contribution is -0.142. The van der Waals surface area contributed by atoms with Gasteiger partial charge in [0, 0.05) is 6.42 Å². The second kappa shape index (κ2) is 13.5. The van der Waals surface area contributed by atoms with Crippen molar-refractivity contribution in [3.05, 3.63) is 0 Å². The first-order valence-corrected chi connectivity index (χ1v) is 8.48. The molecule has 27 heavy (non-hydrogen) atoms. The molecule has 154 valence electrons. The molecule has 0 saturated heterocycles. The van der Waals surface area contributed by atoms with Crippen LogP contribution in [-0.4, -0.2) is 66.4 Å². The molecule has 12 nitrogen and oxygen atoms in total. The number of aliphatic carboxylic acids is 1. The van der Waals surface area contributed by atoms with Crippen molar-refractivity contribution in [1.29, 1.82) is 0 Å². The minimum absolute atomic E-state index is 0.168. The van der Waals surface area contributed by atoms with Crippen LogP contribution in [0.15, 0.2) is 0 Å². The van der Waals surface area contributed by atoms with Gasteiger partial charge in [-0.05, 0) is 32.2 Å². The van der Waals surface area contributed by atoms with Gasteiger partial charge in [-0.15, -0.1) is 0 Å². The van der Waals surface area contributed by atoms with Gasteiger partial charge in [-0.3, -0.25) is 19.2 Å². The van der Waals surface area contributed by atoms with Gasteiger partial charge in [-0.25, -0.2) is 4.79 Å². The number of hydrogen-bond acceptors (Lipinski definition) is 7. The molecule has 12 heteroatoms. The van der Waals surface area contributed by atoms with Gasteiger partial charge in [0.25, 0.3) is 0 Å². The fraction of sp³-hybridized carbons (Fsp3) is 0.667. The van der Waals surface area contributed by atoms with Gasteiger partial charge in [-0.2, -0.15) is 0 Å². The van der Waals surface area contributed by atoms with Gasteiger partial charge in [0.2, 0.25) is 23.6 Å². The minimum atomic E-state index is -1.33. The number of unbranched alkanes of at least 4 members (excludes halogenated alkanes) is 1. The molecule has 0 rings (SSSR count). The summed E-state index contributed by atoms with van der Waals surface area (Å²) in [4.78, 5) is 57.2. The summed E-state index contributed by atoms with van der Waals surface area (Å²) in [6.45, 7) is -0.351. The van der Waals surface area contributed by atoms with Crippen LogP contribution in [0.4, 0.5) is 0 Å². The maximum absolute atomic E-state index is 12.2. The van der Waals surface area contributed by atoms with Crippen molar-refractivity contribution in [2.75, 3.05) is 19.6 Å². The summed E-state index contributed by atoms with van der Waals surface area (Å²) in [5.74, 6) is -3.91. The summed E-state index contributed by atoms with van der Waals surface area (Å²) in [7, 11) is 0. The van der Waals surface area contributed by atoms with E-state index < -0.39 is 48.2 Å². The quantitative estimate of drug-likeness (QED) is 0.148. The Morgan fingerprint density at radius 3 is 2.04 bits per heavy atom. The molecule has 0 fully saturated rings. The smallest absolute Gasteiger partial charge is 0.326 e. The van der Waals surface area contributed by atoms with E-state index in [-0.39, 0.29) is 19.4 Å². The molecule has 0 heterocycles. The molecular weight excluding hydrogens is 360 g/mol. The molecule has 0 aliphatic carbocycles. The highest BCUT2D eigenvalue weighted by molar-refractivity contribution is 5.92. The Morgan fingerprint density at radius 2 is 1.52 bits per heavy atom. The molecule has 0 saturated carbocycles. The predicted octanol–water partition coefficient (Wildman–Crippen LogP) is -3.49. The van der Waals surface area contributed by atoms with E-state index in [4.69, 9.17) is 22.3 Å². The van der Waals surface area contributed by atoms with Crippen LogP contribution in [0.2, 0.25) is 0 Å². The zero-order valence-electron chi connectivity index (χ0n) is 15.0. The van der Waals surface area contributed by atoms with Crippen molar-refractivity contribution in [3.63, 3.8) is 0 Å². The fourth-order valence-electron chi connectivity index (χ4n) is 2.09. The molecule has 2 unspecified atom stereocenters. The number of hydrogen-bond donors (Lipinski definition) is 7. The predicted molar refractivity (Wildman–Crippen MR) is 94.9 cm³/mol. The second-order valence-electron chi connectivity index (χ2n) is 5.79. The second-order valence-corrected chi connectivity index (χ2v) is 5.79. The van der Waals surface area contributed by atoms with E-state index in [1.807, 2.05) is 0 Å². The number of carbonyl (C=O) groups excluding carboxylic acids is 4. The van der Waals surface area contributed by atoms with Crippen molar-refractivity contribution >= 4 is 29.6 Å². The minimum Gasteiger partial charge on any atom is -0.480 e. The van der Waals surface area contributed by atoms with E-state index in [0.717, 1.165) is 0 Å². The van der Waals surface area contributed by atoms with E-state index in [0.29, 0.717) is 25.8 Å². The monoisotopic (exact) mass is 388 g/mol. The topological polar surface area (TPSA) is 220 Å². The molecule has 10 N–H and O–H groups in total. The lowest BCUT2D eigenvalue weighted by atomic mass is 10.1. The van der Waals surface area contributed by atoms with E-state index in [1.54, 1.807) is 0 Å². The van der Waals surface area contributed by atoms with Gasteiger partial charge in [0.05, 0.1) is 13.1 Å². The maximum atomic E-state index is 12.2. The molecule has 4 amide bonds. The molecular formula is C15H28N6O6. The van der Waals surface area contributed by atoms with Crippen LogP contribution >= 0.6 is 0 Å². The Labute approximate surface area is 156 Å². The number of carboxylic acid groups (broad SMARTS) is 1. The van der Waals surface area contributed by atoms with Crippen LogP contribution in [0.5, 0.6) is 0 Å². The number of primary amides is 1. The van der Waals surface area contributed by atoms with Gasteiger partial charge in [0.1, 0.15) is 12.1 Å². The molecule has 0 aromatic heterocycles. The Morgan fingerprint density at radius 1 is 0.889 bits per heavy atom. The van der Waals surface area contributed by atoms with Gasteiger partial charge < -0.3 is 38.3 Å². The number of carbonyl (C=O) groups is 5. The third-order valence-electron chi connectivity index (χ3n) is 3.52. The zero-order valence-corrected chi connectivity index (χ0v) is 15.0. The summed E-state index contributed by atoms with van der Waals surface area (Å²) in [5.41, 5.74) is 15.6. The highest BCUT2D eigenvalue weighted by Gasteiger charge is 2.23. The molecule has 2 atom stereocenters. The summed E-state index contributed by atoms with van der Waals surface area (Å²) in [5, 5.41) is 16.0. The summed E-state index contributed by atoms with van der Waals surface area (Å²) >= 11 is 0. The third-order valence-corrected chi connectivity index (χ3v) is 3.52. The number of amides is 4. The van der Waals surface area contributed by atoms with E-state index in [1.165, 1.54) is 0 Å². The summed E-state index contributed by atoms with van der Waals surface area (Å²) < 4.78 is 0. The fourth-order valence-corrected chi connectivity index (χ4v) is 2.09. The molecule has 0 radical (unpaired) electrons. The highest BCUT2D eigenvalue weighted by Crippen LogP contribution is 2.01. The Balaban J connectivity index is 4.60. The van der Waals surface area contributed by atoms with Crippen molar-refractivity contribution in [2.24, 2.45) is 17.2 Å². The SMILES string of the molecule is NCCCCC(NC(=O)CN)C(=O)NCC(=O)NC(CCC(N)=O)C(=O)O. The number of rotatable bonds is 14. The summed E-state index contributed by atoms with van der Waals surface area (Å²) in [6.07, 6.45) is 1.17. The standard InChI is InChI=1S/C15H28N6O6/c16-6-2-1-3-9(20-12(23)7-17)14(25)19-8-13(24)21-10(15(26)27)4-5-11(18)22/h9-10H,1-8,16-17H2,(H2,18,22)(H,19,25)(H,20,23)(H,21,24)(H,26,27). The van der Waals surface area contributed by atoms with Crippen molar-refractivity contribution in [2.45, 2.75) is 44.2 Å². The summed E-state index contributed by atoms with van der Waals surface area (Å²) in [6, 6.07) is -2.19. The average Bonchev–Trinajstić information content (AvgIpc) is 2.61. The lowest BCUT2D eigenvalue weighted by Gasteiger charge is -2.19. The van der Waals surface area contributed by atoms with E-state index >= 15 is 0 Å². The number of nitrogens with one attached hydrogen (secondary N) is 3. The first-order chi connectivity index (χ1) is 12.7. The molecule has 0 aliphatic heterocycles. The van der Waals surface area contributed by atoms with Gasteiger partial charge in [0.15, 0.2) is 0 Å². The molecule has 0 spiro atoms. The molecule has 0 aliphatic rings. The van der Waals surface area contributed by atoms with Crippen molar-refractivity contribution in [1.82, 2.24) is 16.0 Å². The van der Waals surface area contributed by atoms with Crippen LogP contribution in [0.25, 0.3) is 0 Å². The molecule has 0 aromatic carbocycles. The van der Waals surface area contributed by atoms with Gasteiger partial charge >= 0.3 is 5.97 Å². The Hall–Kier alpha value is -2.73. The van der Waals surface area contributed by atoms with Crippen LogP contribution in [0.1, 0.15) is 32.1 Å². The normalized spacial score (nSPS) is 12.5. The lowest BCUT2D eigenvalue weighted by Crippen LogP contribution is -2.51. The number of nitrogens with two attached hydrogens (primary N) is 3. The first kappa shape index (κ1) is 24.3. The van der Waals surface area contributed by atoms with Crippen molar-refractivity contribution < 1.29 is 29.1 Å². The Bertz CT molecular complexity index is 541. The maximum Gasteiger partial charge on any atom is 0.326 e. The van der Waals surface area contributed by atoms with Gasteiger partial charge in [-0.1, -0.05) is 0 Å². The van der Waals surface area contributed by atoms with Crippen LogP contribution in [0.3, 0.4) is 0 Å². The molecule has 0 bridgehead atoms. The Kier molecular flexibility index (Phi) is 12.1. The van der Waals surface area contributed by atoms with Crippen LogP contribution in [-0.2, 0) is 24.0 Å². The van der Waals surface area contributed by atoms with E-state index in [2.05, 4.69) is 16.0 Å². The third kappa shape index (κ3) is 11.5. The average molecular weight is 388 g/mol. The van der Waals surface area contributed by atoms with Crippen molar-refractivity contribution in [3.8, 4) is 0 Å². The highest BCUT2D eigenvalue weighted by atomic mass is 16.4. The van der Waals surface area contributed by atoms with E-state index in [9.17, 15) is 24.0 Å². The first-order valence-electron chi connectivity index (χ1n) is 8.48. The van der Waals surface area contributed by atoms with Crippen LogP contribution < -0.4 is 33.2 Å². The molecule has 0 aromatic rings. The largest absolute Gasteiger partial charge is 0.480 e. The number of carboxylic acids is 1. The zero-order chi connectivity index (χ0) is 20.8.